The van der Waals surface area contributed by atoms with E-state index in [9.17, 15) is 23.3 Å². The fourth-order valence-electron chi connectivity index (χ4n) is 2.18. The van der Waals surface area contributed by atoms with Crippen molar-refractivity contribution in [2.45, 2.75) is 0 Å². The number of nitrogen functional groups attached to an aromatic ring is 1. The van der Waals surface area contributed by atoms with E-state index in [1.165, 1.54) is 6.07 Å². The average Bonchev–Trinajstić information content (AvgIpc) is 2.58. The molecule has 0 bridgehead atoms. The lowest BCUT2D eigenvalue weighted by molar-refractivity contribution is -0.385. The Morgan fingerprint density at radius 1 is 1.00 bits per heavy atom. The molecule has 1 aliphatic rings. The van der Waals surface area contributed by atoms with Crippen LogP contribution in [0.4, 0.5) is 30.2 Å². The van der Waals surface area contributed by atoms with Gasteiger partial charge >= 0.3 is 0 Å². The van der Waals surface area contributed by atoms with Gasteiger partial charge in [0.2, 0.25) is 0 Å². The Balaban J connectivity index is 0.000000186. The van der Waals surface area contributed by atoms with Crippen molar-refractivity contribution in [2.75, 3.05) is 36.9 Å². The second kappa shape index (κ2) is 8.34. The van der Waals surface area contributed by atoms with Gasteiger partial charge in [-0.3, -0.25) is 10.1 Å². The van der Waals surface area contributed by atoms with Gasteiger partial charge in [0, 0.05) is 24.8 Å². The number of nitrogens with two attached hydrogens (primary N) is 1. The predicted molar refractivity (Wildman–Crippen MR) is 86.9 cm³/mol. The highest BCUT2D eigenvalue weighted by Crippen LogP contribution is 2.22. The van der Waals surface area contributed by atoms with Crippen molar-refractivity contribution in [2.24, 2.45) is 0 Å². The van der Waals surface area contributed by atoms with Gasteiger partial charge in [-0.2, -0.15) is 0 Å². The molecular weight excluding hydrogens is 339 g/mol. The molecule has 1 heterocycles. The van der Waals surface area contributed by atoms with E-state index in [1.54, 1.807) is 12.1 Å². The summed E-state index contributed by atoms with van der Waals surface area (Å²) in [6.45, 7) is 2.79. The molecule has 0 aromatic heterocycles. The first kappa shape index (κ1) is 18.5. The second-order valence-corrected chi connectivity index (χ2v) is 5.17. The maximum atomic E-state index is 13.5. The maximum absolute atomic E-state index is 13.5. The summed E-state index contributed by atoms with van der Waals surface area (Å²) < 4.78 is 43.1. The van der Waals surface area contributed by atoms with Crippen molar-refractivity contribution in [3.05, 3.63) is 64.0 Å². The number of non-ortho nitro benzene ring substituents is 1. The number of morpholine rings is 1. The first-order chi connectivity index (χ1) is 11.9. The largest absolute Gasteiger partial charge is 0.399 e. The van der Waals surface area contributed by atoms with Crippen LogP contribution < -0.4 is 10.6 Å². The molecule has 0 radical (unpaired) electrons. The summed E-state index contributed by atoms with van der Waals surface area (Å²) in [6.07, 6.45) is 0. The molecule has 3 rings (SSSR count). The molecule has 0 unspecified atom stereocenters. The molecule has 6 nitrogen and oxygen atoms in total. The monoisotopic (exact) mass is 355 g/mol. The van der Waals surface area contributed by atoms with Crippen molar-refractivity contribution in [3.8, 4) is 0 Å². The van der Waals surface area contributed by atoms with E-state index in [4.69, 9.17) is 10.5 Å². The number of hydrogen-bond acceptors (Lipinski definition) is 5. The second-order valence-electron chi connectivity index (χ2n) is 5.17. The summed E-state index contributed by atoms with van der Waals surface area (Å²) in [7, 11) is 0. The van der Waals surface area contributed by atoms with Crippen LogP contribution in [-0.2, 0) is 4.74 Å². The minimum Gasteiger partial charge on any atom is -0.399 e. The first-order valence-electron chi connectivity index (χ1n) is 7.35. The van der Waals surface area contributed by atoms with Crippen molar-refractivity contribution in [1.82, 2.24) is 0 Å². The average molecular weight is 355 g/mol. The van der Waals surface area contributed by atoms with Crippen LogP contribution in [0.25, 0.3) is 0 Å². The lowest BCUT2D eigenvalue weighted by Gasteiger charge is -2.29. The standard InChI is InChI=1S/C10H13FN2O.C6H3F2NO2/c11-9-7-8(12)1-2-10(9)13-3-5-14-6-4-13;7-5-2-1-4(9(10)11)3-6(5)8/h1-2,7H,3-6,12H2;1-3H. The van der Waals surface area contributed by atoms with Gasteiger partial charge in [0.05, 0.1) is 29.9 Å². The Bertz CT molecular complexity index is 753. The number of anilines is 2. The summed E-state index contributed by atoms with van der Waals surface area (Å²) in [6, 6.07) is 6.94. The number of rotatable bonds is 2. The molecule has 9 heteroatoms. The third kappa shape index (κ3) is 5.08. The number of benzene rings is 2. The Hall–Kier alpha value is -2.81. The van der Waals surface area contributed by atoms with Crippen LogP contribution in [0.1, 0.15) is 0 Å². The van der Waals surface area contributed by atoms with Crippen LogP contribution >= 0.6 is 0 Å². The molecule has 134 valence electrons. The van der Waals surface area contributed by atoms with E-state index in [0.29, 0.717) is 36.7 Å². The Labute approximate surface area is 141 Å². The van der Waals surface area contributed by atoms with Crippen LogP contribution in [0.5, 0.6) is 0 Å². The van der Waals surface area contributed by atoms with E-state index >= 15 is 0 Å². The van der Waals surface area contributed by atoms with Crippen LogP contribution in [0.15, 0.2) is 36.4 Å². The predicted octanol–water partition coefficient (Wildman–Crippen LogP) is 3.12. The topological polar surface area (TPSA) is 81.6 Å². The zero-order valence-corrected chi connectivity index (χ0v) is 13.1. The third-order valence-corrected chi connectivity index (χ3v) is 3.44. The van der Waals surface area contributed by atoms with Crippen molar-refractivity contribution in [1.29, 1.82) is 0 Å². The molecule has 1 aliphatic heterocycles. The molecule has 1 saturated heterocycles. The number of nitrogens with zero attached hydrogens (tertiary/aromatic N) is 2. The molecule has 2 N–H and O–H groups in total. The van der Waals surface area contributed by atoms with E-state index in [1.807, 2.05) is 4.90 Å². The SMILES string of the molecule is Nc1ccc(N2CCOCC2)c(F)c1.O=[N+]([O-])c1ccc(F)c(F)c1. The molecule has 0 spiro atoms. The van der Waals surface area contributed by atoms with E-state index in [0.717, 1.165) is 19.2 Å². The molecule has 0 amide bonds. The van der Waals surface area contributed by atoms with Gasteiger partial charge in [0.15, 0.2) is 11.6 Å². The van der Waals surface area contributed by atoms with E-state index in [-0.39, 0.29) is 5.82 Å². The number of nitro groups is 1. The van der Waals surface area contributed by atoms with Crippen molar-refractivity contribution < 1.29 is 22.8 Å². The van der Waals surface area contributed by atoms with Crippen molar-refractivity contribution in [3.63, 3.8) is 0 Å². The van der Waals surface area contributed by atoms with Gasteiger partial charge in [-0.05, 0) is 24.3 Å². The van der Waals surface area contributed by atoms with E-state index < -0.39 is 22.2 Å². The molecule has 0 aliphatic carbocycles. The smallest absolute Gasteiger partial charge is 0.272 e. The van der Waals surface area contributed by atoms with E-state index in [2.05, 4.69) is 0 Å². The van der Waals surface area contributed by atoms with Gasteiger partial charge in [-0.25, -0.2) is 13.2 Å². The summed E-state index contributed by atoms with van der Waals surface area (Å²) in [4.78, 5) is 11.2. The number of nitro benzene ring substituents is 1. The van der Waals surface area contributed by atoms with Gasteiger partial charge < -0.3 is 15.4 Å². The number of halogens is 3. The fraction of sp³-hybridized carbons (Fsp3) is 0.250. The molecule has 1 fully saturated rings. The van der Waals surface area contributed by atoms with Crippen molar-refractivity contribution >= 4 is 17.1 Å². The summed E-state index contributed by atoms with van der Waals surface area (Å²) in [5.41, 5.74) is 6.09. The third-order valence-electron chi connectivity index (χ3n) is 3.44. The normalized spacial score (nSPS) is 13.8. The molecule has 25 heavy (non-hydrogen) atoms. The van der Waals surface area contributed by atoms with Crippen LogP contribution in [0, 0.1) is 27.6 Å². The quantitative estimate of drug-likeness (QED) is 0.508. The van der Waals surface area contributed by atoms with Gasteiger partial charge in [0.1, 0.15) is 5.82 Å². The molecule has 0 saturated carbocycles. The Morgan fingerprint density at radius 2 is 1.68 bits per heavy atom. The lowest BCUT2D eigenvalue weighted by atomic mass is 10.2. The Kier molecular flexibility index (Phi) is 6.18. The Morgan fingerprint density at radius 3 is 2.24 bits per heavy atom. The minimum atomic E-state index is -1.21. The van der Waals surface area contributed by atoms with Gasteiger partial charge in [-0.15, -0.1) is 0 Å². The highest BCUT2D eigenvalue weighted by molar-refractivity contribution is 5.54. The van der Waals surface area contributed by atoms with Crippen LogP contribution in [-0.4, -0.2) is 31.2 Å². The zero-order valence-electron chi connectivity index (χ0n) is 13.1. The first-order valence-corrected chi connectivity index (χ1v) is 7.35. The maximum Gasteiger partial charge on any atom is 0.272 e. The molecular formula is C16H16F3N3O3. The molecule has 2 aromatic rings. The molecule has 0 atom stereocenters. The highest BCUT2D eigenvalue weighted by Gasteiger charge is 2.14. The van der Waals surface area contributed by atoms with Crippen LogP contribution in [0.3, 0.4) is 0 Å². The fourth-order valence-corrected chi connectivity index (χ4v) is 2.18. The summed E-state index contributed by atoms with van der Waals surface area (Å²) in [5, 5.41) is 9.98. The minimum absolute atomic E-state index is 0.257. The number of ether oxygens (including phenoxy) is 1. The summed E-state index contributed by atoms with van der Waals surface area (Å²) in [5.74, 6) is -2.55. The van der Waals surface area contributed by atoms with Gasteiger partial charge in [0.25, 0.3) is 5.69 Å². The van der Waals surface area contributed by atoms with Gasteiger partial charge in [-0.1, -0.05) is 0 Å². The highest BCUT2D eigenvalue weighted by atomic mass is 19.2. The zero-order chi connectivity index (χ0) is 18.4. The lowest BCUT2D eigenvalue weighted by Crippen LogP contribution is -2.36. The summed E-state index contributed by atoms with van der Waals surface area (Å²) >= 11 is 0. The van der Waals surface area contributed by atoms with Crippen LogP contribution in [0.2, 0.25) is 0 Å². The molecule has 2 aromatic carbocycles. The number of hydrogen-bond donors (Lipinski definition) is 1.